The fourth-order valence-electron chi connectivity index (χ4n) is 4.22. The Balaban J connectivity index is 1.33. The maximum absolute atomic E-state index is 12.4. The summed E-state index contributed by atoms with van der Waals surface area (Å²) in [5, 5.41) is 3.05. The molecular weight excluding hydrogens is 338 g/mol. The molecule has 27 heavy (non-hydrogen) atoms. The molecule has 2 amide bonds. The molecule has 1 aromatic rings. The number of carbonyl (C=O) groups is 2. The maximum Gasteiger partial charge on any atom is 0.225 e. The number of carbonyl (C=O) groups excluding carboxylic acids is 2. The Hall–Kier alpha value is -1.88. The van der Waals surface area contributed by atoms with Crippen molar-refractivity contribution in [2.75, 3.05) is 39.3 Å². The highest BCUT2D eigenvalue weighted by atomic mass is 16.2. The molecule has 0 bridgehead atoms. The Labute approximate surface area is 163 Å². The molecule has 0 unspecified atom stereocenters. The van der Waals surface area contributed by atoms with E-state index in [1.807, 2.05) is 23.1 Å². The van der Waals surface area contributed by atoms with Crippen LogP contribution < -0.4 is 5.32 Å². The zero-order chi connectivity index (χ0) is 19.1. The van der Waals surface area contributed by atoms with Crippen LogP contribution in [-0.2, 0) is 16.0 Å². The van der Waals surface area contributed by atoms with E-state index in [4.69, 9.17) is 0 Å². The first kappa shape index (κ1) is 19.9. The maximum atomic E-state index is 12.4. The normalized spacial score (nSPS) is 23.6. The highest BCUT2D eigenvalue weighted by Gasteiger charge is 2.33. The number of nitrogens with zero attached hydrogens (tertiary/aromatic N) is 2. The molecule has 5 nitrogen and oxygen atoms in total. The Morgan fingerprint density at radius 2 is 2.00 bits per heavy atom. The molecule has 0 radical (unpaired) electrons. The van der Waals surface area contributed by atoms with Crippen LogP contribution in [0.1, 0.15) is 38.2 Å². The third-order valence-corrected chi connectivity index (χ3v) is 5.79. The smallest absolute Gasteiger partial charge is 0.225 e. The lowest BCUT2D eigenvalue weighted by Gasteiger charge is -2.30. The van der Waals surface area contributed by atoms with E-state index >= 15 is 0 Å². The molecule has 0 spiro atoms. The van der Waals surface area contributed by atoms with Crippen molar-refractivity contribution in [3.63, 3.8) is 0 Å². The molecule has 2 fully saturated rings. The molecular formula is C22H33N3O2. The van der Waals surface area contributed by atoms with Crippen LogP contribution in [0.3, 0.4) is 0 Å². The van der Waals surface area contributed by atoms with Crippen LogP contribution in [0.2, 0.25) is 0 Å². The van der Waals surface area contributed by atoms with E-state index in [-0.39, 0.29) is 17.7 Å². The fourth-order valence-corrected chi connectivity index (χ4v) is 4.22. The first-order valence-corrected chi connectivity index (χ1v) is 10.4. The average Bonchev–Trinajstić information content (AvgIpc) is 3.05. The summed E-state index contributed by atoms with van der Waals surface area (Å²) >= 11 is 0. The van der Waals surface area contributed by atoms with Crippen molar-refractivity contribution in [3.05, 3.63) is 35.9 Å². The zero-order valence-electron chi connectivity index (χ0n) is 16.5. The summed E-state index contributed by atoms with van der Waals surface area (Å²) in [7, 11) is 0. The standard InChI is InChI=1S/C22H33N3O2/c1-18-7-5-12-24(16-18)13-6-11-23-22(27)20-15-21(26)25(17-20)14-10-19-8-3-2-4-9-19/h2-4,8-9,18,20H,5-7,10-17H2,1H3,(H,23,27)/t18-,20+/m0/s1. The van der Waals surface area contributed by atoms with Crippen LogP contribution in [0.4, 0.5) is 0 Å². The van der Waals surface area contributed by atoms with Crippen LogP contribution in [0.25, 0.3) is 0 Å². The van der Waals surface area contributed by atoms with Crippen molar-refractivity contribution in [3.8, 4) is 0 Å². The molecule has 1 N–H and O–H groups in total. The van der Waals surface area contributed by atoms with E-state index < -0.39 is 0 Å². The van der Waals surface area contributed by atoms with Gasteiger partial charge in [-0.2, -0.15) is 0 Å². The monoisotopic (exact) mass is 371 g/mol. The van der Waals surface area contributed by atoms with Gasteiger partial charge in [0.1, 0.15) is 0 Å². The van der Waals surface area contributed by atoms with E-state index in [0.29, 0.717) is 26.1 Å². The van der Waals surface area contributed by atoms with Gasteiger partial charge in [-0.15, -0.1) is 0 Å². The second kappa shape index (κ2) is 9.88. The predicted octanol–water partition coefficient (Wildman–Crippen LogP) is 2.32. The van der Waals surface area contributed by atoms with Gasteiger partial charge in [-0.05, 0) is 50.3 Å². The lowest BCUT2D eigenvalue weighted by Crippen LogP contribution is -2.38. The third-order valence-electron chi connectivity index (χ3n) is 5.79. The summed E-state index contributed by atoms with van der Waals surface area (Å²) in [6, 6.07) is 10.2. The average molecular weight is 372 g/mol. The third kappa shape index (κ3) is 6.06. The zero-order valence-corrected chi connectivity index (χ0v) is 16.5. The molecule has 0 aliphatic carbocycles. The Bertz CT molecular complexity index is 619. The SMILES string of the molecule is C[C@H]1CCCN(CCCNC(=O)[C@@H]2CC(=O)N(CCc3ccccc3)C2)C1. The van der Waals surface area contributed by atoms with Crippen LogP contribution in [0.5, 0.6) is 0 Å². The van der Waals surface area contributed by atoms with Crippen molar-refractivity contribution in [1.29, 1.82) is 0 Å². The van der Waals surface area contributed by atoms with Gasteiger partial charge in [-0.1, -0.05) is 37.3 Å². The molecule has 0 saturated carbocycles. The Morgan fingerprint density at radius 3 is 2.78 bits per heavy atom. The number of hydrogen-bond acceptors (Lipinski definition) is 3. The molecule has 1 aromatic carbocycles. The minimum absolute atomic E-state index is 0.0394. The molecule has 2 saturated heterocycles. The second-order valence-electron chi connectivity index (χ2n) is 8.17. The molecule has 2 aliphatic rings. The molecule has 2 heterocycles. The van der Waals surface area contributed by atoms with Crippen LogP contribution in [0.15, 0.2) is 30.3 Å². The first-order chi connectivity index (χ1) is 13.1. The summed E-state index contributed by atoms with van der Waals surface area (Å²) in [5.41, 5.74) is 1.23. The van der Waals surface area contributed by atoms with E-state index in [2.05, 4.69) is 29.3 Å². The number of piperidine rings is 1. The number of rotatable bonds is 8. The van der Waals surface area contributed by atoms with E-state index in [1.54, 1.807) is 0 Å². The Morgan fingerprint density at radius 1 is 1.19 bits per heavy atom. The molecule has 5 heteroatoms. The number of nitrogens with one attached hydrogen (secondary N) is 1. The number of likely N-dealkylation sites (tertiary alicyclic amines) is 2. The molecule has 2 atom stereocenters. The summed E-state index contributed by atoms with van der Waals surface area (Å²) in [4.78, 5) is 29.0. The van der Waals surface area contributed by atoms with E-state index in [1.165, 1.54) is 31.5 Å². The van der Waals surface area contributed by atoms with Crippen LogP contribution in [0, 0.1) is 11.8 Å². The van der Waals surface area contributed by atoms with Crippen molar-refractivity contribution in [2.24, 2.45) is 11.8 Å². The number of hydrogen-bond donors (Lipinski definition) is 1. The molecule has 0 aromatic heterocycles. The minimum atomic E-state index is -0.191. The van der Waals surface area contributed by atoms with Crippen LogP contribution >= 0.6 is 0 Å². The van der Waals surface area contributed by atoms with Crippen molar-refractivity contribution < 1.29 is 9.59 Å². The quantitative estimate of drug-likeness (QED) is 0.714. The summed E-state index contributed by atoms with van der Waals surface area (Å²) < 4.78 is 0. The topological polar surface area (TPSA) is 52.7 Å². The van der Waals surface area contributed by atoms with E-state index in [9.17, 15) is 9.59 Å². The van der Waals surface area contributed by atoms with Crippen molar-refractivity contribution in [1.82, 2.24) is 15.1 Å². The lowest BCUT2D eigenvalue weighted by atomic mass is 10.0. The molecule has 2 aliphatic heterocycles. The van der Waals surface area contributed by atoms with E-state index in [0.717, 1.165) is 25.3 Å². The number of benzene rings is 1. The summed E-state index contributed by atoms with van der Waals surface area (Å²) in [5.74, 6) is 0.744. The molecule has 148 valence electrons. The number of amides is 2. The van der Waals surface area contributed by atoms with Gasteiger partial charge in [0.2, 0.25) is 11.8 Å². The minimum Gasteiger partial charge on any atom is -0.356 e. The van der Waals surface area contributed by atoms with Gasteiger partial charge in [0.15, 0.2) is 0 Å². The van der Waals surface area contributed by atoms with Gasteiger partial charge in [-0.3, -0.25) is 9.59 Å². The summed E-state index contributed by atoms with van der Waals surface area (Å²) in [6.45, 7) is 7.69. The van der Waals surface area contributed by atoms with Gasteiger partial charge in [0.25, 0.3) is 0 Å². The second-order valence-corrected chi connectivity index (χ2v) is 8.17. The van der Waals surface area contributed by atoms with Crippen molar-refractivity contribution in [2.45, 2.75) is 39.0 Å². The van der Waals surface area contributed by atoms with Gasteiger partial charge >= 0.3 is 0 Å². The fraction of sp³-hybridized carbons (Fsp3) is 0.636. The predicted molar refractivity (Wildman–Crippen MR) is 107 cm³/mol. The van der Waals surface area contributed by atoms with Gasteiger partial charge in [0.05, 0.1) is 5.92 Å². The van der Waals surface area contributed by atoms with Gasteiger partial charge in [-0.25, -0.2) is 0 Å². The van der Waals surface area contributed by atoms with Crippen molar-refractivity contribution >= 4 is 11.8 Å². The molecule has 3 rings (SSSR count). The lowest BCUT2D eigenvalue weighted by molar-refractivity contribution is -0.129. The van der Waals surface area contributed by atoms with Crippen LogP contribution in [-0.4, -0.2) is 60.9 Å². The first-order valence-electron chi connectivity index (χ1n) is 10.4. The highest BCUT2D eigenvalue weighted by molar-refractivity contribution is 5.89. The van der Waals surface area contributed by atoms with Gasteiger partial charge in [0, 0.05) is 32.6 Å². The Kier molecular flexibility index (Phi) is 7.27. The highest BCUT2D eigenvalue weighted by Crippen LogP contribution is 2.19. The summed E-state index contributed by atoms with van der Waals surface area (Å²) in [6.07, 6.45) is 4.80. The largest absolute Gasteiger partial charge is 0.356 e. The van der Waals surface area contributed by atoms with Gasteiger partial charge < -0.3 is 15.1 Å².